The summed E-state index contributed by atoms with van der Waals surface area (Å²) in [4.78, 5) is 100. The number of anilines is 1. The lowest BCUT2D eigenvalue weighted by Crippen LogP contribution is -2.58. The van der Waals surface area contributed by atoms with Crippen molar-refractivity contribution in [1.29, 1.82) is 0 Å². The van der Waals surface area contributed by atoms with Gasteiger partial charge in [0.2, 0.25) is 35.4 Å². The molecule has 2 aliphatic heterocycles. The molecular weight excluding hydrogens is 875 g/mol. The quantitative estimate of drug-likeness (QED) is 0.126. The van der Waals surface area contributed by atoms with Crippen LogP contribution in [0.15, 0.2) is 36.4 Å². The van der Waals surface area contributed by atoms with E-state index in [1.54, 1.807) is 37.7 Å². The van der Waals surface area contributed by atoms with E-state index in [0.29, 0.717) is 75.7 Å². The van der Waals surface area contributed by atoms with E-state index in [1.165, 1.54) is 0 Å². The molecule has 0 radical (unpaired) electrons. The molecule has 4 fully saturated rings. The summed E-state index contributed by atoms with van der Waals surface area (Å²) < 4.78 is 0. The molecule has 0 bridgehead atoms. The minimum atomic E-state index is -0.676. The molecule has 0 spiro atoms. The van der Waals surface area contributed by atoms with Crippen molar-refractivity contribution in [2.45, 2.75) is 178 Å². The normalized spacial score (nSPS) is 24.3. The van der Waals surface area contributed by atoms with E-state index in [-0.39, 0.29) is 65.3 Å². The Morgan fingerprint density at radius 2 is 0.986 bits per heavy atom. The zero-order valence-electron chi connectivity index (χ0n) is 41.1. The number of hydrogen-bond donors (Lipinski definition) is 7. The van der Waals surface area contributed by atoms with Crippen molar-refractivity contribution in [2.24, 2.45) is 11.8 Å². The third-order valence-electron chi connectivity index (χ3n) is 16.4. The molecule has 2 saturated carbocycles. The first-order valence-corrected chi connectivity index (χ1v) is 26.1. The SMILES string of the molecule is CN[C@@H](C)C(=O)N[C@H](C(=O)N1CCC[C@H]1C(=O)N[C@@H]1CCc2c(NC(=O)c3cccc4c3CC[C@H]4NC(=O)[C@@H]3CCCN3C(=O)[C@@H](NC(=O)[C@H](C)NC)C3CCCCC3)cccc21)C1CCCCC1. The van der Waals surface area contributed by atoms with Crippen LogP contribution >= 0.6 is 0 Å². The summed E-state index contributed by atoms with van der Waals surface area (Å²) in [6, 6.07) is 7.25. The van der Waals surface area contributed by atoms with Gasteiger partial charge in [-0.2, -0.15) is 0 Å². The molecule has 2 heterocycles. The lowest BCUT2D eigenvalue weighted by molar-refractivity contribution is -0.143. The molecule has 7 amide bonds. The molecule has 8 rings (SSSR count). The van der Waals surface area contributed by atoms with E-state index in [1.807, 2.05) is 36.4 Å². The van der Waals surface area contributed by atoms with Gasteiger partial charge < -0.3 is 47.0 Å². The summed E-state index contributed by atoms with van der Waals surface area (Å²) >= 11 is 0. The molecule has 374 valence electrons. The van der Waals surface area contributed by atoms with Gasteiger partial charge in [-0.1, -0.05) is 62.8 Å². The van der Waals surface area contributed by atoms with E-state index < -0.39 is 36.3 Å². The van der Waals surface area contributed by atoms with E-state index in [4.69, 9.17) is 0 Å². The number of rotatable bonds is 16. The molecular formula is C53H75N9O7. The maximum Gasteiger partial charge on any atom is 0.255 e. The second kappa shape index (κ2) is 22.6. The molecule has 2 aromatic rings. The van der Waals surface area contributed by atoms with Gasteiger partial charge in [-0.3, -0.25) is 33.6 Å². The third-order valence-corrected chi connectivity index (χ3v) is 16.4. The van der Waals surface area contributed by atoms with Crippen molar-refractivity contribution < 1.29 is 33.6 Å². The number of carbonyl (C=O) groups excluding carboxylic acids is 7. The Morgan fingerprint density at radius 1 is 0.536 bits per heavy atom. The summed E-state index contributed by atoms with van der Waals surface area (Å²) in [6.45, 7) is 4.46. The lowest BCUT2D eigenvalue weighted by atomic mass is 9.83. The Hall–Kier alpha value is -5.35. The largest absolute Gasteiger partial charge is 0.347 e. The highest BCUT2D eigenvalue weighted by Crippen LogP contribution is 2.39. The number of amides is 7. The zero-order valence-corrected chi connectivity index (χ0v) is 41.1. The van der Waals surface area contributed by atoms with Gasteiger partial charge in [-0.15, -0.1) is 0 Å². The predicted octanol–water partition coefficient (Wildman–Crippen LogP) is 4.47. The first-order chi connectivity index (χ1) is 33.4. The lowest BCUT2D eigenvalue weighted by Gasteiger charge is -2.35. The number of hydrogen-bond acceptors (Lipinski definition) is 9. The standard InChI is InChI=1S/C53H75N9O7/c1-31(54-3)47(63)59-45(33-15-7-5-8-16-33)52(68)61-29-13-23-43(61)50(66)57-41-27-25-35-36(41)19-11-21-39(35)49(65)56-40-22-12-20-37-38(40)26-28-42(37)58-51(67)44-24-14-30-62(44)53(69)46(34-17-9-6-10-18-34)60-48(64)32(2)55-4/h11-12,19-22,31-34,41-46,54-55H,5-10,13-18,23-30H2,1-4H3,(H,56,65)(H,57,66)(H,58,67)(H,59,63)(H,60,64)/t31-,32-,41+,42+,43-,44-,45-,46-/m0/s1. The summed E-state index contributed by atoms with van der Waals surface area (Å²) in [5.74, 6) is -1.42. The van der Waals surface area contributed by atoms with E-state index in [0.717, 1.165) is 86.5 Å². The van der Waals surface area contributed by atoms with Crippen LogP contribution in [-0.4, -0.2) is 115 Å². The number of nitrogens with one attached hydrogen (secondary N) is 7. The van der Waals surface area contributed by atoms with Crippen molar-refractivity contribution in [3.05, 3.63) is 64.2 Å². The van der Waals surface area contributed by atoms with Gasteiger partial charge >= 0.3 is 0 Å². The smallest absolute Gasteiger partial charge is 0.255 e. The van der Waals surface area contributed by atoms with Crippen LogP contribution in [0.2, 0.25) is 0 Å². The number of fused-ring (bicyclic) bond motifs is 2. The van der Waals surface area contributed by atoms with Crippen LogP contribution < -0.4 is 37.2 Å². The monoisotopic (exact) mass is 950 g/mol. The molecule has 16 nitrogen and oxygen atoms in total. The summed E-state index contributed by atoms with van der Waals surface area (Å²) in [7, 11) is 3.44. The first kappa shape index (κ1) is 50.1. The number of likely N-dealkylation sites (tertiary alicyclic amines) is 2. The third kappa shape index (κ3) is 11.0. The van der Waals surface area contributed by atoms with Crippen LogP contribution in [0, 0.1) is 11.8 Å². The molecule has 7 N–H and O–H groups in total. The number of benzene rings is 2. The van der Waals surface area contributed by atoms with Crippen molar-refractivity contribution in [3.8, 4) is 0 Å². The fourth-order valence-electron chi connectivity index (χ4n) is 12.1. The first-order valence-electron chi connectivity index (χ1n) is 26.1. The summed E-state index contributed by atoms with van der Waals surface area (Å²) in [5.41, 5.74) is 4.89. The van der Waals surface area contributed by atoms with Crippen LogP contribution in [0.5, 0.6) is 0 Å². The Bertz CT molecular complexity index is 2240. The molecule has 69 heavy (non-hydrogen) atoms. The van der Waals surface area contributed by atoms with Gasteiger partial charge in [0.25, 0.3) is 5.91 Å². The summed E-state index contributed by atoms with van der Waals surface area (Å²) in [5, 5.41) is 21.7. The molecule has 8 atom stereocenters. The van der Waals surface area contributed by atoms with Crippen LogP contribution in [0.4, 0.5) is 5.69 Å². The van der Waals surface area contributed by atoms with E-state index in [2.05, 4.69) is 37.2 Å². The van der Waals surface area contributed by atoms with Crippen LogP contribution in [0.1, 0.15) is 161 Å². The number of carbonyl (C=O) groups is 7. The van der Waals surface area contributed by atoms with Crippen LogP contribution in [0.25, 0.3) is 0 Å². The fourth-order valence-corrected chi connectivity index (χ4v) is 12.1. The second-order valence-corrected chi connectivity index (χ2v) is 20.6. The van der Waals surface area contributed by atoms with Gasteiger partial charge in [0.1, 0.15) is 24.2 Å². The zero-order chi connectivity index (χ0) is 48.8. The highest BCUT2D eigenvalue weighted by molar-refractivity contribution is 6.06. The van der Waals surface area contributed by atoms with E-state index in [9.17, 15) is 33.6 Å². The van der Waals surface area contributed by atoms with Crippen molar-refractivity contribution in [2.75, 3.05) is 32.5 Å². The Morgan fingerprint density at radius 3 is 1.46 bits per heavy atom. The maximum atomic E-state index is 14.3. The number of likely N-dealkylation sites (N-methyl/N-ethyl adjacent to an activating group) is 2. The van der Waals surface area contributed by atoms with Crippen LogP contribution in [0.3, 0.4) is 0 Å². The van der Waals surface area contributed by atoms with Crippen molar-refractivity contribution >= 4 is 47.0 Å². The Kier molecular flexibility index (Phi) is 16.4. The van der Waals surface area contributed by atoms with Crippen molar-refractivity contribution in [3.63, 3.8) is 0 Å². The van der Waals surface area contributed by atoms with Gasteiger partial charge in [0.15, 0.2) is 0 Å². The van der Waals surface area contributed by atoms with Gasteiger partial charge in [0.05, 0.1) is 24.2 Å². The second-order valence-electron chi connectivity index (χ2n) is 20.6. The maximum absolute atomic E-state index is 14.3. The minimum absolute atomic E-state index is 0.0281. The summed E-state index contributed by atoms with van der Waals surface area (Å²) in [6.07, 6.45) is 14.7. The van der Waals surface area contributed by atoms with E-state index >= 15 is 0 Å². The topological polar surface area (TPSA) is 210 Å². The molecule has 0 aromatic heterocycles. The van der Waals surface area contributed by atoms with Gasteiger partial charge in [-0.25, -0.2) is 0 Å². The fraction of sp³-hybridized carbons (Fsp3) is 0.642. The molecule has 2 aromatic carbocycles. The van der Waals surface area contributed by atoms with Crippen molar-refractivity contribution in [1.82, 2.24) is 41.7 Å². The highest BCUT2D eigenvalue weighted by atomic mass is 16.2. The molecule has 0 unspecified atom stereocenters. The average molecular weight is 950 g/mol. The minimum Gasteiger partial charge on any atom is -0.347 e. The molecule has 16 heteroatoms. The Balaban J connectivity index is 0.904. The highest BCUT2D eigenvalue weighted by Gasteiger charge is 2.44. The molecule has 6 aliphatic rings. The number of nitrogens with zero attached hydrogens (tertiary/aromatic N) is 2. The molecule has 2 saturated heterocycles. The van der Waals surface area contributed by atoms with Gasteiger partial charge in [-0.05, 0) is 151 Å². The van der Waals surface area contributed by atoms with Gasteiger partial charge in [0, 0.05) is 24.3 Å². The van der Waals surface area contributed by atoms with Crippen LogP contribution in [-0.2, 0) is 41.6 Å². The Labute approximate surface area is 407 Å². The predicted molar refractivity (Wildman–Crippen MR) is 263 cm³/mol. The molecule has 4 aliphatic carbocycles. The average Bonchev–Trinajstić information content (AvgIpc) is 4.22.